The molecule has 0 aliphatic rings. The summed E-state index contributed by atoms with van der Waals surface area (Å²) in [5, 5.41) is 5.78. The van der Waals surface area contributed by atoms with E-state index in [0.717, 1.165) is 4.88 Å². The highest BCUT2D eigenvalue weighted by molar-refractivity contribution is 7.13. The third-order valence-corrected chi connectivity index (χ3v) is 4.16. The van der Waals surface area contributed by atoms with Crippen LogP contribution in [0, 0.1) is 0 Å². The van der Waals surface area contributed by atoms with Crippen LogP contribution in [0.2, 0.25) is 0 Å². The smallest absolute Gasteiger partial charge is 0.338 e. The maximum Gasteiger partial charge on any atom is 0.338 e. The van der Waals surface area contributed by atoms with Crippen molar-refractivity contribution in [3.63, 3.8) is 0 Å². The number of aromatic nitrogens is 2. The van der Waals surface area contributed by atoms with Crippen LogP contribution in [0.3, 0.4) is 0 Å². The largest absolute Gasteiger partial charge is 0.493 e. The molecule has 0 spiro atoms. The maximum absolute atomic E-state index is 12.2. The number of thiophene rings is 1. The van der Waals surface area contributed by atoms with Gasteiger partial charge in [-0.1, -0.05) is 23.9 Å². The predicted molar refractivity (Wildman–Crippen MR) is 95.4 cm³/mol. The number of esters is 1. The van der Waals surface area contributed by atoms with E-state index < -0.39 is 5.97 Å². The molecule has 0 aliphatic carbocycles. The van der Waals surface area contributed by atoms with E-state index >= 15 is 0 Å². The standard InChI is InChI=1S/C18H16N2O5S/c1-3-8-23-13-7-6-12(10-14(13)22-2)18(21)24-11-16-19-17(20-25-16)15-5-4-9-26-15/h3-7,9-10H,1,8,11H2,2H3. The summed E-state index contributed by atoms with van der Waals surface area (Å²) in [5.74, 6) is 1.10. The molecule has 0 saturated carbocycles. The Balaban J connectivity index is 1.63. The molecule has 8 heteroatoms. The SMILES string of the molecule is C=CCOc1ccc(C(=O)OCc2nc(-c3cccs3)no2)cc1OC. The third-order valence-electron chi connectivity index (χ3n) is 3.29. The first-order chi connectivity index (χ1) is 12.7. The van der Waals surface area contributed by atoms with Crippen molar-refractivity contribution < 1.29 is 23.5 Å². The van der Waals surface area contributed by atoms with E-state index in [1.54, 1.807) is 24.3 Å². The van der Waals surface area contributed by atoms with Crippen LogP contribution in [0.5, 0.6) is 11.5 Å². The fourth-order valence-corrected chi connectivity index (χ4v) is 2.74. The molecule has 0 N–H and O–H groups in total. The van der Waals surface area contributed by atoms with Crippen molar-refractivity contribution in [1.82, 2.24) is 10.1 Å². The quantitative estimate of drug-likeness (QED) is 0.440. The van der Waals surface area contributed by atoms with Crippen LogP contribution in [0.25, 0.3) is 10.7 Å². The molecule has 2 aromatic heterocycles. The topological polar surface area (TPSA) is 83.7 Å². The molecule has 0 fully saturated rings. The van der Waals surface area contributed by atoms with Crippen molar-refractivity contribution in [1.29, 1.82) is 0 Å². The van der Waals surface area contributed by atoms with E-state index in [4.69, 9.17) is 18.7 Å². The van der Waals surface area contributed by atoms with Gasteiger partial charge in [0.05, 0.1) is 17.6 Å². The predicted octanol–water partition coefficient (Wildman–Crippen LogP) is 3.73. The lowest BCUT2D eigenvalue weighted by molar-refractivity contribution is 0.0429. The number of ether oxygens (including phenoxy) is 3. The molecule has 134 valence electrons. The lowest BCUT2D eigenvalue weighted by Crippen LogP contribution is -2.06. The number of carbonyl (C=O) groups is 1. The number of hydrogen-bond donors (Lipinski definition) is 0. The normalized spacial score (nSPS) is 10.3. The highest BCUT2D eigenvalue weighted by Crippen LogP contribution is 2.28. The molecule has 0 bridgehead atoms. The van der Waals surface area contributed by atoms with Crippen molar-refractivity contribution in [3.05, 3.63) is 59.8 Å². The molecule has 0 atom stereocenters. The highest BCUT2D eigenvalue weighted by Gasteiger charge is 2.15. The number of nitrogens with zero attached hydrogens (tertiary/aromatic N) is 2. The van der Waals surface area contributed by atoms with E-state index in [1.165, 1.54) is 18.4 Å². The van der Waals surface area contributed by atoms with Gasteiger partial charge < -0.3 is 18.7 Å². The van der Waals surface area contributed by atoms with E-state index in [2.05, 4.69) is 16.7 Å². The van der Waals surface area contributed by atoms with Crippen molar-refractivity contribution in [2.24, 2.45) is 0 Å². The fraction of sp³-hybridized carbons (Fsp3) is 0.167. The highest BCUT2D eigenvalue weighted by atomic mass is 32.1. The van der Waals surface area contributed by atoms with Crippen LogP contribution in [-0.2, 0) is 11.3 Å². The van der Waals surface area contributed by atoms with E-state index in [-0.39, 0.29) is 12.5 Å². The Morgan fingerprint density at radius 3 is 2.96 bits per heavy atom. The second kappa shape index (κ2) is 8.30. The Kier molecular flexibility index (Phi) is 5.65. The molecule has 0 saturated heterocycles. The molecule has 26 heavy (non-hydrogen) atoms. The lowest BCUT2D eigenvalue weighted by atomic mass is 10.2. The van der Waals surface area contributed by atoms with Crippen molar-refractivity contribution >= 4 is 17.3 Å². The van der Waals surface area contributed by atoms with Gasteiger partial charge in [-0.2, -0.15) is 4.98 Å². The summed E-state index contributed by atoms with van der Waals surface area (Å²) >= 11 is 1.50. The first-order valence-corrected chi connectivity index (χ1v) is 8.54. The molecule has 0 amide bonds. The molecular weight excluding hydrogens is 356 g/mol. The average Bonchev–Trinajstić information content (AvgIpc) is 3.35. The number of carbonyl (C=O) groups excluding carboxylic acids is 1. The van der Waals surface area contributed by atoms with E-state index in [0.29, 0.717) is 29.5 Å². The third kappa shape index (κ3) is 4.09. The summed E-state index contributed by atoms with van der Waals surface area (Å²) in [6, 6.07) is 8.56. The maximum atomic E-state index is 12.2. The monoisotopic (exact) mass is 372 g/mol. The van der Waals surface area contributed by atoms with Crippen LogP contribution in [0.15, 0.2) is 52.9 Å². The first-order valence-electron chi connectivity index (χ1n) is 7.66. The Bertz CT molecular complexity index is 889. The Labute approximate surface area is 153 Å². The van der Waals surface area contributed by atoms with Gasteiger partial charge in [0, 0.05) is 0 Å². The summed E-state index contributed by atoms with van der Waals surface area (Å²) in [7, 11) is 1.50. The number of methoxy groups -OCH3 is 1. The van der Waals surface area contributed by atoms with Crippen molar-refractivity contribution in [2.75, 3.05) is 13.7 Å². The zero-order valence-corrected chi connectivity index (χ0v) is 14.8. The molecule has 3 rings (SSSR count). The van der Waals surface area contributed by atoms with Crippen molar-refractivity contribution in [2.45, 2.75) is 6.61 Å². The van der Waals surface area contributed by atoms with Gasteiger partial charge >= 0.3 is 5.97 Å². The zero-order chi connectivity index (χ0) is 18.4. The molecule has 1 aromatic carbocycles. The Hall–Kier alpha value is -3.13. The summed E-state index contributed by atoms with van der Waals surface area (Å²) in [5.41, 5.74) is 0.325. The molecular formula is C18H16N2O5S. The van der Waals surface area contributed by atoms with Gasteiger partial charge in [0.25, 0.3) is 5.89 Å². The molecule has 0 aliphatic heterocycles. The Morgan fingerprint density at radius 1 is 1.35 bits per heavy atom. The number of hydrogen-bond acceptors (Lipinski definition) is 8. The van der Waals surface area contributed by atoms with Gasteiger partial charge in [0.15, 0.2) is 18.1 Å². The van der Waals surface area contributed by atoms with Crippen LogP contribution in [-0.4, -0.2) is 29.8 Å². The van der Waals surface area contributed by atoms with Gasteiger partial charge in [-0.05, 0) is 29.6 Å². The molecule has 0 unspecified atom stereocenters. The van der Waals surface area contributed by atoms with Gasteiger partial charge in [-0.3, -0.25) is 0 Å². The minimum atomic E-state index is -0.533. The average molecular weight is 372 g/mol. The lowest BCUT2D eigenvalue weighted by Gasteiger charge is -2.10. The summed E-state index contributed by atoms with van der Waals surface area (Å²) in [6.07, 6.45) is 1.62. The molecule has 7 nitrogen and oxygen atoms in total. The van der Waals surface area contributed by atoms with E-state index in [1.807, 2.05) is 17.5 Å². The van der Waals surface area contributed by atoms with Gasteiger partial charge in [0.1, 0.15) is 6.61 Å². The van der Waals surface area contributed by atoms with Gasteiger partial charge in [-0.25, -0.2) is 4.79 Å². The van der Waals surface area contributed by atoms with Crippen LogP contribution >= 0.6 is 11.3 Å². The summed E-state index contributed by atoms with van der Waals surface area (Å²) in [4.78, 5) is 17.3. The molecule has 2 heterocycles. The number of benzene rings is 1. The molecule has 3 aromatic rings. The van der Waals surface area contributed by atoms with Gasteiger partial charge in [-0.15, -0.1) is 11.3 Å². The van der Waals surface area contributed by atoms with E-state index in [9.17, 15) is 4.79 Å². The zero-order valence-electron chi connectivity index (χ0n) is 14.0. The van der Waals surface area contributed by atoms with Crippen molar-refractivity contribution in [3.8, 4) is 22.2 Å². The second-order valence-electron chi connectivity index (χ2n) is 5.03. The van der Waals surface area contributed by atoms with Crippen LogP contribution in [0.4, 0.5) is 0 Å². The summed E-state index contributed by atoms with van der Waals surface area (Å²) in [6.45, 7) is 3.81. The number of rotatable bonds is 8. The minimum absolute atomic E-state index is 0.117. The fourth-order valence-electron chi connectivity index (χ4n) is 2.09. The summed E-state index contributed by atoms with van der Waals surface area (Å²) < 4.78 is 21.0. The Morgan fingerprint density at radius 2 is 2.23 bits per heavy atom. The van der Waals surface area contributed by atoms with Crippen LogP contribution in [0.1, 0.15) is 16.2 Å². The van der Waals surface area contributed by atoms with Gasteiger partial charge in [0.2, 0.25) is 5.82 Å². The van der Waals surface area contributed by atoms with Crippen LogP contribution < -0.4 is 9.47 Å². The minimum Gasteiger partial charge on any atom is -0.493 e. The second-order valence-corrected chi connectivity index (χ2v) is 5.98. The molecule has 0 radical (unpaired) electrons. The first kappa shape index (κ1) is 17.7.